The van der Waals surface area contributed by atoms with Gasteiger partial charge >= 0.3 is 0 Å². The van der Waals surface area contributed by atoms with Crippen LogP contribution in [-0.4, -0.2) is 53.5 Å². The van der Waals surface area contributed by atoms with E-state index in [1.54, 1.807) is 24.5 Å². The molecule has 0 bridgehead atoms. The lowest BCUT2D eigenvalue weighted by Crippen LogP contribution is -2.49. The van der Waals surface area contributed by atoms with Gasteiger partial charge in [-0.2, -0.15) is 0 Å². The Morgan fingerprint density at radius 1 is 0.970 bits per heavy atom. The van der Waals surface area contributed by atoms with Crippen LogP contribution >= 0.6 is 0 Å². The van der Waals surface area contributed by atoms with E-state index in [0.717, 1.165) is 10.9 Å². The molecule has 0 spiro atoms. The van der Waals surface area contributed by atoms with Crippen LogP contribution in [0.2, 0.25) is 0 Å². The van der Waals surface area contributed by atoms with Gasteiger partial charge in [0.1, 0.15) is 11.6 Å². The van der Waals surface area contributed by atoms with Crippen LogP contribution < -0.4 is 10.2 Å². The summed E-state index contributed by atoms with van der Waals surface area (Å²) in [5.74, 6) is 1.60. The molecule has 1 fully saturated rings. The summed E-state index contributed by atoms with van der Waals surface area (Å²) < 4.78 is 19.5. The van der Waals surface area contributed by atoms with E-state index >= 15 is 0 Å². The van der Waals surface area contributed by atoms with Gasteiger partial charge in [0.05, 0.1) is 17.5 Å². The van der Waals surface area contributed by atoms with E-state index in [2.05, 4.69) is 15.3 Å². The van der Waals surface area contributed by atoms with Gasteiger partial charge in [-0.15, -0.1) is 0 Å². The molecule has 1 N–H and O–H groups in total. The number of amides is 1. The van der Waals surface area contributed by atoms with Gasteiger partial charge in [0, 0.05) is 44.5 Å². The fourth-order valence-electron chi connectivity index (χ4n) is 4.08. The van der Waals surface area contributed by atoms with Gasteiger partial charge in [-0.3, -0.25) is 4.79 Å². The van der Waals surface area contributed by atoms with E-state index in [0.29, 0.717) is 62.2 Å². The molecule has 1 aliphatic heterocycles. The number of benzene rings is 2. The van der Waals surface area contributed by atoms with Gasteiger partial charge in [0.25, 0.3) is 0 Å². The fraction of sp³-hybridized carbons (Fsp3) is 0.240. The van der Waals surface area contributed by atoms with E-state index < -0.39 is 0 Å². The minimum Gasteiger partial charge on any atom is -0.461 e. The van der Waals surface area contributed by atoms with E-state index in [-0.39, 0.29) is 11.7 Å². The minimum atomic E-state index is -0.229. The van der Waals surface area contributed by atoms with E-state index in [1.165, 1.54) is 6.07 Å². The number of aromatic nitrogens is 2. The van der Waals surface area contributed by atoms with E-state index in [9.17, 15) is 9.18 Å². The summed E-state index contributed by atoms with van der Waals surface area (Å²) in [6, 6.07) is 18.1. The number of nitrogens with one attached hydrogen (secondary N) is 1. The lowest BCUT2D eigenvalue weighted by molar-refractivity contribution is -0.131. The normalized spacial score (nSPS) is 14.0. The summed E-state index contributed by atoms with van der Waals surface area (Å²) in [5.41, 5.74) is 1.39. The highest BCUT2D eigenvalue weighted by Gasteiger charge is 2.22. The number of hydrogen-bond donors (Lipinski definition) is 1. The van der Waals surface area contributed by atoms with Gasteiger partial charge < -0.3 is 19.5 Å². The van der Waals surface area contributed by atoms with Crippen molar-refractivity contribution in [1.29, 1.82) is 0 Å². The third kappa shape index (κ3) is 4.50. The second kappa shape index (κ2) is 9.28. The maximum absolute atomic E-state index is 14.0. The molecule has 1 aliphatic rings. The molecule has 3 heterocycles. The lowest BCUT2D eigenvalue weighted by atomic mass is 10.2. The number of rotatable bonds is 6. The zero-order chi connectivity index (χ0) is 22.6. The van der Waals surface area contributed by atoms with Crippen LogP contribution in [0.3, 0.4) is 0 Å². The monoisotopic (exact) mass is 445 g/mol. The minimum absolute atomic E-state index is 0.0697. The quantitative estimate of drug-likeness (QED) is 0.480. The smallest absolute Gasteiger partial charge is 0.224 e. The summed E-state index contributed by atoms with van der Waals surface area (Å²) in [5, 5.41) is 4.19. The predicted octanol–water partition coefficient (Wildman–Crippen LogP) is 4.18. The number of carbonyl (C=O) groups is 1. The molecule has 1 saturated heterocycles. The predicted molar refractivity (Wildman–Crippen MR) is 126 cm³/mol. The van der Waals surface area contributed by atoms with Crippen molar-refractivity contribution in [3.8, 4) is 11.6 Å². The molecule has 0 saturated carbocycles. The number of anilines is 2. The van der Waals surface area contributed by atoms with Crippen molar-refractivity contribution >= 4 is 28.3 Å². The number of fused-ring (bicyclic) bond motifs is 1. The molecule has 0 aliphatic carbocycles. The highest BCUT2D eigenvalue weighted by molar-refractivity contribution is 5.90. The number of piperazine rings is 1. The molecule has 1 amide bonds. The van der Waals surface area contributed by atoms with Crippen LogP contribution in [0.25, 0.3) is 22.5 Å². The molecule has 2 aromatic heterocycles. The third-order valence-corrected chi connectivity index (χ3v) is 5.80. The standard InChI is InChI=1S/C25H24FN5O2/c26-19-7-2-4-9-21(19)30-13-15-31(16-14-30)23(32)11-12-27-24-18-6-1-3-8-20(18)28-25(29-24)22-10-5-17-33-22/h1-10,17H,11-16H2,(H,27,28,29). The van der Waals surface area contributed by atoms with Crippen molar-refractivity contribution in [2.45, 2.75) is 6.42 Å². The Bertz CT molecular complexity index is 1250. The molecule has 4 aromatic rings. The number of furan rings is 1. The van der Waals surface area contributed by atoms with Crippen molar-refractivity contribution in [2.75, 3.05) is 42.9 Å². The van der Waals surface area contributed by atoms with Crippen LogP contribution in [-0.2, 0) is 4.79 Å². The molecule has 0 unspecified atom stereocenters. The fourth-order valence-corrected chi connectivity index (χ4v) is 4.08. The molecule has 2 aromatic carbocycles. The average Bonchev–Trinajstić information content (AvgIpc) is 3.39. The highest BCUT2D eigenvalue weighted by Crippen LogP contribution is 2.25. The summed E-state index contributed by atoms with van der Waals surface area (Å²) in [4.78, 5) is 25.8. The van der Waals surface area contributed by atoms with Crippen molar-refractivity contribution in [3.63, 3.8) is 0 Å². The summed E-state index contributed by atoms with van der Waals surface area (Å²) in [6.07, 6.45) is 1.93. The first-order chi connectivity index (χ1) is 16.2. The summed E-state index contributed by atoms with van der Waals surface area (Å²) in [7, 11) is 0. The first-order valence-electron chi connectivity index (χ1n) is 11.0. The number of halogens is 1. The molecule has 0 radical (unpaired) electrons. The Morgan fingerprint density at radius 2 is 1.76 bits per heavy atom. The zero-order valence-corrected chi connectivity index (χ0v) is 18.1. The molecule has 0 atom stereocenters. The molecule has 33 heavy (non-hydrogen) atoms. The Kier molecular flexibility index (Phi) is 5.89. The van der Waals surface area contributed by atoms with Crippen molar-refractivity contribution < 1.29 is 13.6 Å². The van der Waals surface area contributed by atoms with Crippen LogP contribution in [0.4, 0.5) is 15.9 Å². The van der Waals surface area contributed by atoms with Crippen LogP contribution in [0.5, 0.6) is 0 Å². The Morgan fingerprint density at radius 3 is 2.55 bits per heavy atom. The Balaban J connectivity index is 1.21. The summed E-state index contributed by atoms with van der Waals surface area (Å²) >= 11 is 0. The molecule has 168 valence electrons. The average molecular weight is 445 g/mol. The van der Waals surface area contributed by atoms with Gasteiger partial charge in [-0.05, 0) is 36.4 Å². The number of carbonyl (C=O) groups excluding carboxylic acids is 1. The SMILES string of the molecule is O=C(CCNc1nc(-c2ccco2)nc2ccccc12)N1CCN(c2ccccc2F)CC1. The lowest BCUT2D eigenvalue weighted by Gasteiger charge is -2.36. The van der Waals surface area contributed by atoms with Crippen LogP contribution in [0, 0.1) is 5.82 Å². The summed E-state index contributed by atoms with van der Waals surface area (Å²) in [6.45, 7) is 2.83. The molecule has 7 nitrogen and oxygen atoms in total. The van der Waals surface area contributed by atoms with Crippen molar-refractivity contribution in [1.82, 2.24) is 14.9 Å². The second-order valence-electron chi connectivity index (χ2n) is 7.89. The largest absolute Gasteiger partial charge is 0.461 e. The molecule has 5 rings (SSSR count). The van der Waals surface area contributed by atoms with E-state index in [1.807, 2.05) is 46.2 Å². The van der Waals surface area contributed by atoms with Gasteiger partial charge in [-0.1, -0.05) is 24.3 Å². The van der Waals surface area contributed by atoms with Crippen LogP contribution in [0.15, 0.2) is 71.3 Å². The molecular formula is C25H24FN5O2. The van der Waals surface area contributed by atoms with Gasteiger partial charge in [0.15, 0.2) is 11.6 Å². The maximum atomic E-state index is 14.0. The van der Waals surface area contributed by atoms with Crippen LogP contribution in [0.1, 0.15) is 6.42 Å². The third-order valence-electron chi connectivity index (χ3n) is 5.80. The molecule has 8 heteroatoms. The number of para-hydroxylation sites is 2. The Hall–Kier alpha value is -3.94. The van der Waals surface area contributed by atoms with E-state index in [4.69, 9.17) is 4.42 Å². The Labute approximate surface area is 190 Å². The topological polar surface area (TPSA) is 74.5 Å². The van der Waals surface area contributed by atoms with Gasteiger partial charge in [-0.25, -0.2) is 14.4 Å². The maximum Gasteiger partial charge on any atom is 0.224 e. The highest BCUT2D eigenvalue weighted by atomic mass is 19.1. The number of nitrogens with zero attached hydrogens (tertiary/aromatic N) is 4. The number of hydrogen-bond acceptors (Lipinski definition) is 6. The molecular weight excluding hydrogens is 421 g/mol. The first kappa shape index (κ1) is 20.9. The van der Waals surface area contributed by atoms with Crippen molar-refractivity contribution in [3.05, 3.63) is 72.7 Å². The second-order valence-corrected chi connectivity index (χ2v) is 7.89. The van der Waals surface area contributed by atoms with Gasteiger partial charge in [0.2, 0.25) is 5.91 Å². The van der Waals surface area contributed by atoms with Crippen molar-refractivity contribution in [2.24, 2.45) is 0 Å². The zero-order valence-electron chi connectivity index (χ0n) is 18.1. The first-order valence-corrected chi connectivity index (χ1v) is 11.0.